The van der Waals surface area contributed by atoms with Crippen LogP contribution >= 0.6 is 11.8 Å². The number of thioether (sulfide) groups is 1. The van der Waals surface area contributed by atoms with Crippen LogP contribution in [0.5, 0.6) is 0 Å². The van der Waals surface area contributed by atoms with Crippen molar-refractivity contribution in [1.29, 1.82) is 0 Å². The number of allylic oxidation sites excluding steroid dienone is 30. The highest BCUT2D eigenvalue weighted by Crippen LogP contribution is 2.43. The van der Waals surface area contributed by atoms with Crippen molar-refractivity contribution in [1.82, 2.24) is 0 Å². The minimum atomic E-state index is 0.437. The Bertz CT molecular complexity index is 2220. The molecule has 2 aromatic carbocycles. The molecule has 2 aromatic rings. The van der Waals surface area contributed by atoms with Gasteiger partial charge in [-0.15, -0.1) is 0 Å². The molecule has 0 saturated carbocycles. The van der Waals surface area contributed by atoms with Gasteiger partial charge in [0.2, 0.25) is 0 Å². The zero-order chi connectivity index (χ0) is 40.2. The lowest BCUT2D eigenvalue weighted by molar-refractivity contribution is 0.777. The van der Waals surface area contributed by atoms with Gasteiger partial charge in [-0.2, -0.15) is 0 Å². The molecule has 1 atom stereocenters. The van der Waals surface area contributed by atoms with E-state index in [0.717, 1.165) is 48.8 Å². The van der Waals surface area contributed by atoms with Crippen molar-refractivity contribution in [3.63, 3.8) is 0 Å². The van der Waals surface area contributed by atoms with E-state index in [1.165, 1.54) is 54.4 Å². The van der Waals surface area contributed by atoms with Crippen LogP contribution in [0.15, 0.2) is 251 Å². The summed E-state index contributed by atoms with van der Waals surface area (Å²) in [5.74, 6) is 0.437. The van der Waals surface area contributed by atoms with E-state index in [1.807, 2.05) is 43.0 Å². The lowest BCUT2D eigenvalue weighted by Crippen LogP contribution is -1.99. The van der Waals surface area contributed by atoms with Crippen LogP contribution in [0, 0.1) is 5.92 Å². The number of rotatable bonds is 11. The molecule has 0 radical (unpaired) electrons. The van der Waals surface area contributed by atoms with E-state index < -0.39 is 0 Å². The molecule has 3 aliphatic carbocycles. The average Bonchev–Trinajstić information content (AvgIpc) is 3.48. The predicted molar refractivity (Wildman–Crippen MR) is 255 cm³/mol. The van der Waals surface area contributed by atoms with Gasteiger partial charge in [0.25, 0.3) is 0 Å². The molecule has 0 N–H and O–H groups in total. The molecule has 288 valence electrons. The van der Waals surface area contributed by atoms with Crippen molar-refractivity contribution in [2.24, 2.45) is 5.92 Å². The van der Waals surface area contributed by atoms with Crippen molar-refractivity contribution < 1.29 is 0 Å². The molecule has 0 fully saturated rings. The summed E-state index contributed by atoms with van der Waals surface area (Å²) in [7, 11) is 0. The molecule has 0 bridgehead atoms. The summed E-state index contributed by atoms with van der Waals surface area (Å²) in [5, 5.41) is 0. The molecule has 0 aromatic heterocycles. The van der Waals surface area contributed by atoms with E-state index in [0.29, 0.717) is 5.92 Å². The minimum absolute atomic E-state index is 0.437. The second kappa shape index (κ2) is 22.8. The van der Waals surface area contributed by atoms with Crippen LogP contribution < -0.4 is 0 Å². The summed E-state index contributed by atoms with van der Waals surface area (Å²) in [6, 6.07) is 21.2. The highest BCUT2D eigenvalue weighted by Gasteiger charge is 2.16. The SMILES string of the molecule is C=C(/C=C(/C=C/C1=C(C)C(=C/C=C2/C=C(C3=CCCC=C3)SC(c3ccccc3)=C2)/CCC1)\C=C(/C)C1=CC=CC(C)C=C1)c1ccccc1.C=C/C=C\C=C/C. The van der Waals surface area contributed by atoms with Crippen molar-refractivity contribution in [2.75, 3.05) is 0 Å². The molecule has 4 aliphatic rings. The van der Waals surface area contributed by atoms with E-state index in [-0.39, 0.29) is 0 Å². The second-order valence-electron chi connectivity index (χ2n) is 14.6. The Kier molecular flexibility index (Phi) is 17.0. The maximum absolute atomic E-state index is 4.43. The molecular formula is C56H58S. The first-order valence-corrected chi connectivity index (χ1v) is 21.1. The smallest absolute Gasteiger partial charge is 0.0200 e. The Hall–Kier alpha value is -5.63. The third-order valence-electron chi connectivity index (χ3n) is 10.1. The normalized spacial score (nSPS) is 20.4. The number of hydrogen-bond acceptors (Lipinski definition) is 1. The van der Waals surface area contributed by atoms with Gasteiger partial charge in [0.05, 0.1) is 0 Å². The molecule has 0 saturated heterocycles. The van der Waals surface area contributed by atoms with Crippen molar-refractivity contribution in [3.05, 3.63) is 262 Å². The van der Waals surface area contributed by atoms with Crippen LogP contribution in [0.2, 0.25) is 0 Å². The lowest BCUT2D eigenvalue weighted by Gasteiger charge is -2.20. The lowest BCUT2D eigenvalue weighted by atomic mass is 9.87. The standard InChI is InChI=1S/C49H48S.C7H10/c1-36-16-14-23-43(29-26-36)38(3)33-40(32-37(2)42-17-8-5-9-18-42)27-30-44-24-15-25-45(39(44)4)31-28-41-34-48(46-19-10-6-11-20-46)50-49(35-41)47-21-12-7-13-22-47;1-3-5-7-6-4-2/h5-6,8-12,14,16-23,26-36H,2,7,13,15,24-25H2,1,3-4H3;3-7H,1H2,2H3/b30-27+,38-33+,40-32-,41-28+,45-31+;6-4-,7-5-. The first-order valence-electron chi connectivity index (χ1n) is 20.3. The Morgan fingerprint density at radius 1 is 0.842 bits per heavy atom. The molecular weight excluding hydrogens is 705 g/mol. The quantitative estimate of drug-likeness (QED) is 0.206. The van der Waals surface area contributed by atoms with Gasteiger partial charge in [0, 0.05) is 9.81 Å². The Labute approximate surface area is 348 Å². The fourth-order valence-electron chi connectivity index (χ4n) is 6.80. The van der Waals surface area contributed by atoms with E-state index >= 15 is 0 Å². The van der Waals surface area contributed by atoms with Gasteiger partial charge in [-0.1, -0.05) is 202 Å². The monoisotopic (exact) mass is 762 g/mol. The van der Waals surface area contributed by atoms with Crippen LogP contribution in [0.1, 0.15) is 70.9 Å². The Balaban J connectivity index is 0.000000811. The zero-order valence-electron chi connectivity index (χ0n) is 34.3. The van der Waals surface area contributed by atoms with Crippen molar-refractivity contribution in [3.8, 4) is 0 Å². The van der Waals surface area contributed by atoms with Crippen LogP contribution in [0.4, 0.5) is 0 Å². The van der Waals surface area contributed by atoms with Gasteiger partial charge in [-0.05, 0) is 138 Å². The van der Waals surface area contributed by atoms with E-state index in [1.54, 1.807) is 6.08 Å². The van der Waals surface area contributed by atoms with Crippen molar-refractivity contribution >= 4 is 22.2 Å². The van der Waals surface area contributed by atoms with Crippen LogP contribution in [-0.4, -0.2) is 0 Å². The van der Waals surface area contributed by atoms with Gasteiger partial charge in [-0.3, -0.25) is 0 Å². The fourth-order valence-corrected chi connectivity index (χ4v) is 7.95. The summed E-state index contributed by atoms with van der Waals surface area (Å²) in [6.07, 6.45) is 51.7. The van der Waals surface area contributed by atoms with Gasteiger partial charge in [0.15, 0.2) is 0 Å². The molecule has 1 heteroatoms. The molecule has 0 nitrogen and oxygen atoms in total. The second-order valence-corrected chi connectivity index (χ2v) is 15.6. The van der Waals surface area contributed by atoms with Gasteiger partial charge in [0.1, 0.15) is 0 Å². The molecule has 1 aliphatic heterocycles. The molecule has 6 rings (SSSR count). The minimum Gasteiger partial charge on any atom is -0.0991 e. The molecule has 1 heterocycles. The number of benzene rings is 2. The summed E-state index contributed by atoms with van der Waals surface area (Å²) in [6.45, 7) is 16.6. The summed E-state index contributed by atoms with van der Waals surface area (Å²) >= 11 is 1.88. The van der Waals surface area contributed by atoms with Gasteiger partial charge in [-0.25, -0.2) is 0 Å². The third kappa shape index (κ3) is 13.5. The zero-order valence-corrected chi connectivity index (χ0v) is 35.1. The fraction of sp³-hybridized carbons (Fsp3) is 0.179. The maximum atomic E-state index is 4.43. The Morgan fingerprint density at radius 2 is 1.61 bits per heavy atom. The largest absolute Gasteiger partial charge is 0.0991 e. The first-order chi connectivity index (χ1) is 27.8. The van der Waals surface area contributed by atoms with E-state index in [2.05, 4.69) is 192 Å². The van der Waals surface area contributed by atoms with Crippen LogP contribution in [0.25, 0.3) is 10.5 Å². The molecule has 0 spiro atoms. The highest BCUT2D eigenvalue weighted by molar-refractivity contribution is 8.12. The Morgan fingerprint density at radius 3 is 2.35 bits per heavy atom. The first kappa shape index (κ1) is 42.5. The van der Waals surface area contributed by atoms with Crippen LogP contribution in [-0.2, 0) is 0 Å². The molecule has 1 unspecified atom stereocenters. The summed E-state index contributed by atoms with van der Waals surface area (Å²) in [4.78, 5) is 2.62. The van der Waals surface area contributed by atoms with E-state index in [9.17, 15) is 0 Å². The predicted octanol–water partition coefficient (Wildman–Crippen LogP) is 16.4. The summed E-state index contributed by atoms with van der Waals surface area (Å²) in [5.41, 5.74) is 13.8. The average molecular weight is 763 g/mol. The summed E-state index contributed by atoms with van der Waals surface area (Å²) < 4.78 is 0. The van der Waals surface area contributed by atoms with Gasteiger partial charge >= 0.3 is 0 Å². The molecule has 0 amide bonds. The maximum Gasteiger partial charge on any atom is 0.0200 e. The van der Waals surface area contributed by atoms with Crippen molar-refractivity contribution in [2.45, 2.75) is 59.8 Å². The van der Waals surface area contributed by atoms with E-state index in [4.69, 9.17) is 0 Å². The third-order valence-corrected chi connectivity index (χ3v) is 11.3. The number of hydrogen-bond donors (Lipinski definition) is 0. The van der Waals surface area contributed by atoms with Gasteiger partial charge < -0.3 is 0 Å². The molecule has 57 heavy (non-hydrogen) atoms. The highest BCUT2D eigenvalue weighted by atomic mass is 32.2. The van der Waals surface area contributed by atoms with Crippen LogP contribution in [0.3, 0.4) is 0 Å². The topological polar surface area (TPSA) is 0 Å².